The zero-order valence-electron chi connectivity index (χ0n) is 9.35. The summed E-state index contributed by atoms with van der Waals surface area (Å²) in [6, 6.07) is 0.312. The van der Waals surface area contributed by atoms with Gasteiger partial charge in [-0.25, -0.2) is 9.50 Å². The normalized spacial score (nSPS) is 20.7. The average molecular weight is 217 g/mol. The molecule has 2 aromatic rings. The van der Waals surface area contributed by atoms with Gasteiger partial charge < -0.3 is 5.32 Å². The molecule has 0 spiro atoms. The maximum Gasteiger partial charge on any atom is 0.252 e. The maximum atomic E-state index is 4.48. The van der Waals surface area contributed by atoms with E-state index in [1.54, 1.807) is 4.52 Å². The standard InChI is InChI=1S/C11H15N5/c1-2-8-6-13-11-14-10(15-16(11)7-8)9-4-3-5-12-9/h6-7,9,12H,2-5H2,1H3. The van der Waals surface area contributed by atoms with E-state index in [4.69, 9.17) is 0 Å². The summed E-state index contributed by atoms with van der Waals surface area (Å²) >= 11 is 0. The van der Waals surface area contributed by atoms with E-state index in [2.05, 4.69) is 27.3 Å². The molecule has 84 valence electrons. The highest BCUT2D eigenvalue weighted by Gasteiger charge is 2.20. The first kappa shape index (κ1) is 9.72. The third-order valence-electron chi connectivity index (χ3n) is 3.04. The van der Waals surface area contributed by atoms with Crippen LogP contribution in [0.5, 0.6) is 0 Å². The van der Waals surface area contributed by atoms with Crippen molar-refractivity contribution >= 4 is 5.78 Å². The Balaban J connectivity index is 2.01. The quantitative estimate of drug-likeness (QED) is 0.818. The number of hydrogen-bond acceptors (Lipinski definition) is 4. The van der Waals surface area contributed by atoms with E-state index < -0.39 is 0 Å². The highest BCUT2D eigenvalue weighted by atomic mass is 15.3. The Kier molecular flexibility index (Phi) is 2.32. The highest BCUT2D eigenvalue weighted by molar-refractivity contribution is 5.28. The summed E-state index contributed by atoms with van der Waals surface area (Å²) in [6.45, 7) is 3.17. The van der Waals surface area contributed by atoms with E-state index in [1.807, 2.05) is 12.4 Å². The summed E-state index contributed by atoms with van der Waals surface area (Å²) in [5.41, 5.74) is 1.18. The monoisotopic (exact) mass is 217 g/mol. The lowest BCUT2D eigenvalue weighted by Gasteiger charge is -2.02. The van der Waals surface area contributed by atoms with Gasteiger partial charge in [0.25, 0.3) is 5.78 Å². The molecule has 2 aromatic heterocycles. The molecule has 3 heterocycles. The Morgan fingerprint density at radius 3 is 3.25 bits per heavy atom. The molecule has 5 heteroatoms. The van der Waals surface area contributed by atoms with E-state index in [0.717, 1.165) is 25.2 Å². The number of rotatable bonds is 2. The Hall–Kier alpha value is -1.49. The summed E-state index contributed by atoms with van der Waals surface area (Å²) in [5, 5.41) is 7.88. The molecule has 0 radical (unpaired) electrons. The fourth-order valence-electron chi connectivity index (χ4n) is 2.07. The van der Waals surface area contributed by atoms with Crippen molar-refractivity contribution in [2.24, 2.45) is 0 Å². The molecule has 3 rings (SSSR count). The van der Waals surface area contributed by atoms with Gasteiger partial charge in [-0.15, -0.1) is 5.10 Å². The molecular weight excluding hydrogens is 202 g/mol. The summed E-state index contributed by atoms with van der Waals surface area (Å²) in [6.07, 6.45) is 7.18. The molecule has 5 nitrogen and oxygen atoms in total. The topological polar surface area (TPSA) is 55.1 Å². The van der Waals surface area contributed by atoms with Crippen molar-refractivity contribution in [1.82, 2.24) is 24.9 Å². The van der Waals surface area contributed by atoms with Crippen LogP contribution in [0.2, 0.25) is 0 Å². The molecule has 1 fully saturated rings. The number of nitrogens with one attached hydrogen (secondary N) is 1. The first-order chi connectivity index (χ1) is 7.86. The van der Waals surface area contributed by atoms with Crippen LogP contribution in [0.4, 0.5) is 0 Å². The van der Waals surface area contributed by atoms with Crippen LogP contribution in [0, 0.1) is 0 Å². The zero-order valence-corrected chi connectivity index (χ0v) is 9.35. The molecule has 1 N–H and O–H groups in total. The molecule has 0 amide bonds. The molecule has 0 aromatic carbocycles. The van der Waals surface area contributed by atoms with Crippen LogP contribution in [0.3, 0.4) is 0 Å². The van der Waals surface area contributed by atoms with Gasteiger partial charge in [-0.1, -0.05) is 6.92 Å². The molecular formula is C11H15N5. The molecule has 0 bridgehead atoms. The predicted octanol–water partition coefficient (Wildman–Crippen LogP) is 1.11. The van der Waals surface area contributed by atoms with Crippen molar-refractivity contribution in [3.05, 3.63) is 23.8 Å². The van der Waals surface area contributed by atoms with Gasteiger partial charge in [0.05, 0.1) is 6.04 Å². The van der Waals surface area contributed by atoms with E-state index in [-0.39, 0.29) is 0 Å². The first-order valence-corrected chi connectivity index (χ1v) is 5.81. The van der Waals surface area contributed by atoms with Crippen LogP contribution in [-0.4, -0.2) is 26.1 Å². The number of aryl methyl sites for hydroxylation is 1. The molecule has 1 unspecified atom stereocenters. The second kappa shape index (κ2) is 3.83. The van der Waals surface area contributed by atoms with Crippen molar-refractivity contribution in [1.29, 1.82) is 0 Å². The van der Waals surface area contributed by atoms with Crippen LogP contribution in [-0.2, 0) is 6.42 Å². The van der Waals surface area contributed by atoms with Crippen LogP contribution < -0.4 is 5.32 Å². The Labute approximate surface area is 93.9 Å². The van der Waals surface area contributed by atoms with E-state index in [1.165, 1.54) is 12.0 Å². The van der Waals surface area contributed by atoms with E-state index >= 15 is 0 Å². The number of aromatic nitrogens is 4. The fraction of sp³-hybridized carbons (Fsp3) is 0.545. The van der Waals surface area contributed by atoms with Gasteiger partial charge in [-0.3, -0.25) is 0 Å². The molecule has 1 saturated heterocycles. The number of hydrogen-bond donors (Lipinski definition) is 1. The SMILES string of the molecule is CCc1cnc2nc(C3CCCN3)nn2c1. The largest absolute Gasteiger partial charge is 0.307 e. The Morgan fingerprint density at radius 2 is 2.50 bits per heavy atom. The summed E-state index contributed by atoms with van der Waals surface area (Å²) < 4.78 is 1.79. The molecule has 0 saturated carbocycles. The summed E-state index contributed by atoms with van der Waals surface area (Å²) in [5.74, 6) is 1.57. The van der Waals surface area contributed by atoms with Crippen LogP contribution >= 0.6 is 0 Å². The second-order valence-electron chi connectivity index (χ2n) is 4.18. The van der Waals surface area contributed by atoms with Gasteiger partial charge in [-0.2, -0.15) is 4.98 Å². The van der Waals surface area contributed by atoms with Gasteiger partial charge in [0, 0.05) is 12.4 Å². The van der Waals surface area contributed by atoms with Crippen LogP contribution in [0.25, 0.3) is 5.78 Å². The van der Waals surface area contributed by atoms with Gasteiger partial charge in [-0.05, 0) is 31.4 Å². The van der Waals surface area contributed by atoms with Gasteiger partial charge in [0.2, 0.25) is 0 Å². The summed E-state index contributed by atoms with van der Waals surface area (Å²) in [7, 11) is 0. The maximum absolute atomic E-state index is 4.48. The lowest BCUT2D eigenvalue weighted by Crippen LogP contribution is -2.14. The highest BCUT2D eigenvalue weighted by Crippen LogP contribution is 2.19. The van der Waals surface area contributed by atoms with E-state index in [9.17, 15) is 0 Å². The van der Waals surface area contributed by atoms with E-state index in [0.29, 0.717) is 11.8 Å². The smallest absolute Gasteiger partial charge is 0.252 e. The molecule has 16 heavy (non-hydrogen) atoms. The minimum absolute atomic E-state index is 0.312. The van der Waals surface area contributed by atoms with Crippen molar-refractivity contribution in [3.63, 3.8) is 0 Å². The van der Waals surface area contributed by atoms with Crippen molar-refractivity contribution in [2.75, 3.05) is 6.54 Å². The minimum atomic E-state index is 0.312. The zero-order chi connectivity index (χ0) is 11.0. The molecule has 1 atom stereocenters. The van der Waals surface area contributed by atoms with Crippen molar-refractivity contribution in [2.45, 2.75) is 32.2 Å². The Morgan fingerprint density at radius 1 is 1.56 bits per heavy atom. The van der Waals surface area contributed by atoms with Crippen LogP contribution in [0.15, 0.2) is 12.4 Å². The lowest BCUT2D eigenvalue weighted by atomic mass is 10.2. The van der Waals surface area contributed by atoms with Crippen molar-refractivity contribution < 1.29 is 0 Å². The minimum Gasteiger partial charge on any atom is -0.307 e. The average Bonchev–Trinajstić information content (AvgIpc) is 2.96. The van der Waals surface area contributed by atoms with Crippen molar-refractivity contribution in [3.8, 4) is 0 Å². The fourth-order valence-corrected chi connectivity index (χ4v) is 2.07. The van der Waals surface area contributed by atoms with Gasteiger partial charge in [0.15, 0.2) is 5.82 Å². The Bertz CT molecular complexity index is 498. The second-order valence-corrected chi connectivity index (χ2v) is 4.18. The lowest BCUT2D eigenvalue weighted by molar-refractivity contribution is 0.604. The van der Waals surface area contributed by atoms with Crippen LogP contribution in [0.1, 0.15) is 37.2 Å². The molecule has 1 aliphatic heterocycles. The summed E-state index contributed by atoms with van der Waals surface area (Å²) in [4.78, 5) is 8.75. The third kappa shape index (κ3) is 1.57. The van der Waals surface area contributed by atoms with Gasteiger partial charge in [0.1, 0.15) is 0 Å². The molecule has 1 aliphatic rings. The number of nitrogens with zero attached hydrogens (tertiary/aromatic N) is 4. The number of fused-ring (bicyclic) bond motifs is 1. The molecule has 0 aliphatic carbocycles. The predicted molar refractivity (Wildman–Crippen MR) is 60.1 cm³/mol. The first-order valence-electron chi connectivity index (χ1n) is 5.81. The van der Waals surface area contributed by atoms with Gasteiger partial charge >= 0.3 is 0 Å². The third-order valence-corrected chi connectivity index (χ3v) is 3.04.